The average molecular weight is 428 g/mol. The lowest BCUT2D eigenvalue weighted by atomic mass is 10.1. The number of alkyl halides is 3. The SMILES string of the molecule is COC(=O)C(CCC(=O)OC(C)(C)C)N(CC(F)(F)F)C(N)C(=O)OC(C)(C)C. The van der Waals surface area contributed by atoms with Crippen molar-refractivity contribution >= 4 is 17.9 Å². The zero-order valence-corrected chi connectivity index (χ0v) is 17.9. The summed E-state index contributed by atoms with van der Waals surface area (Å²) in [4.78, 5) is 36.7. The van der Waals surface area contributed by atoms with E-state index in [2.05, 4.69) is 4.74 Å². The van der Waals surface area contributed by atoms with Crippen LogP contribution in [0, 0.1) is 0 Å². The van der Waals surface area contributed by atoms with Crippen molar-refractivity contribution in [2.75, 3.05) is 13.7 Å². The van der Waals surface area contributed by atoms with Gasteiger partial charge in [-0.1, -0.05) is 0 Å². The van der Waals surface area contributed by atoms with Crippen molar-refractivity contribution in [3.8, 4) is 0 Å². The van der Waals surface area contributed by atoms with Crippen molar-refractivity contribution in [2.45, 2.75) is 84.0 Å². The van der Waals surface area contributed by atoms with Gasteiger partial charge in [0.25, 0.3) is 0 Å². The molecule has 0 aromatic rings. The van der Waals surface area contributed by atoms with E-state index < -0.39 is 60.5 Å². The number of esters is 3. The highest BCUT2D eigenvalue weighted by Crippen LogP contribution is 2.23. The predicted octanol–water partition coefficient (Wildman–Crippen LogP) is 2.14. The Morgan fingerprint density at radius 1 is 0.931 bits per heavy atom. The number of carbonyl (C=O) groups excluding carboxylic acids is 3. The molecule has 0 heterocycles. The van der Waals surface area contributed by atoms with Gasteiger partial charge in [0.2, 0.25) is 0 Å². The monoisotopic (exact) mass is 428 g/mol. The summed E-state index contributed by atoms with van der Waals surface area (Å²) < 4.78 is 54.1. The fourth-order valence-electron chi connectivity index (χ4n) is 2.31. The van der Waals surface area contributed by atoms with E-state index in [0.29, 0.717) is 4.90 Å². The predicted molar refractivity (Wildman–Crippen MR) is 97.5 cm³/mol. The minimum absolute atomic E-state index is 0.383. The number of nitrogens with zero attached hydrogens (tertiary/aromatic N) is 1. The summed E-state index contributed by atoms with van der Waals surface area (Å²) in [6.45, 7) is 7.75. The maximum Gasteiger partial charge on any atom is 0.401 e. The van der Waals surface area contributed by atoms with Gasteiger partial charge in [0.1, 0.15) is 17.2 Å². The second-order valence-electron chi connectivity index (χ2n) is 8.43. The van der Waals surface area contributed by atoms with Crippen molar-refractivity contribution in [1.29, 1.82) is 0 Å². The molecule has 0 amide bonds. The average Bonchev–Trinajstić information content (AvgIpc) is 2.48. The maximum atomic E-state index is 13.1. The number of methoxy groups -OCH3 is 1. The van der Waals surface area contributed by atoms with Crippen LogP contribution in [-0.4, -0.2) is 66.0 Å². The first-order chi connectivity index (χ1) is 12.9. The van der Waals surface area contributed by atoms with Gasteiger partial charge in [-0.2, -0.15) is 13.2 Å². The van der Waals surface area contributed by atoms with E-state index >= 15 is 0 Å². The molecule has 0 rings (SSSR count). The van der Waals surface area contributed by atoms with E-state index in [1.54, 1.807) is 20.8 Å². The molecule has 0 aliphatic rings. The molecule has 0 aliphatic carbocycles. The summed E-state index contributed by atoms with van der Waals surface area (Å²) in [5.74, 6) is -2.94. The summed E-state index contributed by atoms with van der Waals surface area (Å²) in [5.41, 5.74) is 3.89. The molecule has 0 saturated heterocycles. The molecule has 2 N–H and O–H groups in total. The quantitative estimate of drug-likeness (QED) is 0.356. The number of halogens is 3. The molecule has 0 bridgehead atoms. The zero-order chi connectivity index (χ0) is 23.2. The normalized spacial score (nSPS) is 14.9. The Labute approximate surface area is 168 Å². The minimum atomic E-state index is -4.78. The molecule has 0 saturated carbocycles. The lowest BCUT2D eigenvalue weighted by molar-refractivity contribution is -0.180. The molecule has 11 heteroatoms. The molecule has 8 nitrogen and oxygen atoms in total. The Hall–Kier alpha value is -1.88. The molecule has 29 heavy (non-hydrogen) atoms. The molecule has 170 valence electrons. The molecule has 0 aromatic carbocycles. The number of hydrogen-bond acceptors (Lipinski definition) is 8. The van der Waals surface area contributed by atoms with Crippen molar-refractivity contribution in [1.82, 2.24) is 4.90 Å². The van der Waals surface area contributed by atoms with Crippen molar-refractivity contribution in [2.24, 2.45) is 5.73 Å². The van der Waals surface area contributed by atoms with Crippen LogP contribution in [0.3, 0.4) is 0 Å². The second kappa shape index (κ2) is 10.2. The molecular formula is C18H31F3N2O6. The first-order valence-corrected chi connectivity index (χ1v) is 8.97. The van der Waals surface area contributed by atoms with Gasteiger partial charge in [0.15, 0.2) is 6.17 Å². The van der Waals surface area contributed by atoms with Gasteiger partial charge in [0, 0.05) is 6.42 Å². The smallest absolute Gasteiger partial charge is 0.401 e. The third kappa shape index (κ3) is 11.6. The Bertz CT molecular complexity index is 582. The number of rotatable bonds is 8. The first-order valence-electron chi connectivity index (χ1n) is 8.97. The fraction of sp³-hybridized carbons (Fsp3) is 0.833. The van der Waals surface area contributed by atoms with Crippen LogP contribution in [0.15, 0.2) is 0 Å². The van der Waals surface area contributed by atoms with Gasteiger partial charge in [-0.05, 0) is 48.0 Å². The van der Waals surface area contributed by atoms with E-state index in [4.69, 9.17) is 15.2 Å². The topological polar surface area (TPSA) is 108 Å². The Morgan fingerprint density at radius 3 is 1.79 bits per heavy atom. The van der Waals surface area contributed by atoms with Gasteiger partial charge < -0.3 is 19.9 Å². The van der Waals surface area contributed by atoms with E-state index in [1.807, 2.05) is 0 Å². The van der Waals surface area contributed by atoms with Gasteiger partial charge >= 0.3 is 24.1 Å². The van der Waals surface area contributed by atoms with Crippen LogP contribution < -0.4 is 5.73 Å². The van der Waals surface area contributed by atoms with Crippen LogP contribution in [0.4, 0.5) is 13.2 Å². The molecule has 0 radical (unpaired) electrons. The minimum Gasteiger partial charge on any atom is -0.468 e. The lowest BCUT2D eigenvalue weighted by Crippen LogP contribution is -2.59. The molecule has 2 atom stereocenters. The molecule has 0 fully saturated rings. The summed E-state index contributed by atoms with van der Waals surface area (Å²) in [7, 11) is 0.980. The van der Waals surface area contributed by atoms with E-state index in [0.717, 1.165) is 7.11 Å². The Balaban J connectivity index is 5.66. The van der Waals surface area contributed by atoms with Crippen LogP contribution >= 0.6 is 0 Å². The largest absolute Gasteiger partial charge is 0.468 e. The van der Waals surface area contributed by atoms with Crippen LogP contribution in [0.2, 0.25) is 0 Å². The van der Waals surface area contributed by atoms with Crippen LogP contribution in [0.5, 0.6) is 0 Å². The van der Waals surface area contributed by atoms with Crippen molar-refractivity contribution < 1.29 is 41.8 Å². The fourth-order valence-corrected chi connectivity index (χ4v) is 2.31. The summed E-state index contributed by atoms with van der Waals surface area (Å²) in [5, 5.41) is 0. The summed E-state index contributed by atoms with van der Waals surface area (Å²) in [6.07, 6.45) is -7.46. The first kappa shape index (κ1) is 27.1. The van der Waals surface area contributed by atoms with Gasteiger partial charge in [0.05, 0.1) is 13.7 Å². The van der Waals surface area contributed by atoms with Gasteiger partial charge in [-0.15, -0.1) is 0 Å². The second-order valence-corrected chi connectivity index (χ2v) is 8.43. The molecule has 0 aromatic heterocycles. The summed E-state index contributed by atoms with van der Waals surface area (Å²) in [6, 6.07) is -1.61. The molecule has 0 spiro atoms. The Kier molecular flexibility index (Phi) is 9.58. The zero-order valence-electron chi connectivity index (χ0n) is 17.9. The van der Waals surface area contributed by atoms with Crippen molar-refractivity contribution in [3.63, 3.8) is 0 Å². The van der Waals surface area contributed by atoms with Gasteiger partial charge in [-0.25, -0.2) is 4.79 Å². The highest BCUT2D eigenvalue weighted by molar-refractivity contribution is 5.80. The lowest BCUT2D eigenvalue weighted by Gasteiger charge is -2.35. The number of ether oxygens (including phenoxy) is 3. The van der Waals surface area contributed by atoms with Crippen LogP contribution in [0.1, 0.15) is 54.4 Å². The highest BCUT2D eigenvalue weighted by Gasteiger charge is 2.43. The van der Waals surface area contributed by atoms with Crippen LogP contribution in [-0.2, 0) is 28.6 Å². The standard InChI is InChI=1S/C18H31F3N2O6/c1-16(2,3)28-12(24)9-8-11(14(25)27-7)23(10-18(19,20)21)13(22)15(26)29-17(4,5)6/h11,13H,8-10,22H2,1-7H3. The van der Waals surface area contributed by atoms with E-state index in [9.17, 15) is 27.6 Å². The highest BCUT2D eigenvalue weighted by atomic mass is 19.4. The third-order valence-corrected chi connectivity index (χ3v) is 3.28. The van der Waals surface area contributed by atoms with Gasteiger partial charge in [-0.3, -0.25) is 14.5 Å². The van der Waals surface area contributed by atoms with E-state index in [1.165, 1.54) is 20.8 Å². The summed E-state index contributed by atoms with van der Waals surface area (Å²) >= 11 is 0. The molecule has 2 unspecified atom stereocenters. The Morgan fingerprint density at radius 2 is 1.41 bits per heavy atom. The van der Waals surface area contributed by atoms with E-state index in [-0.39, 0.29) is 6.42 Å². The maximum absolute atomic E-state index is 13.1. The number of nitrogens with two attached hydrogens (primary N) is 1. The van der Waals surface area contributed by atoms with Crippen LogP contribution in [0.25, 0.3) is 0 Å². The molecule has 0 aliphatic heterocycles. The molecular weight excluding hydrogens is 397 g/mol. The number of hydrogen-bond donors (Lipinski definition) is 1. The van der Waals surface area contributed by atoms with Crippen molar-refractivity contribution in [3.05, 3.63) is 0 Å². The third-order valence-electron chi connectivity index (χ3n) is 3.28. The number of carbonyl (C=O) groups is 3.